The second-order valence-electron chi connectivity index (χ2n) is 10.3. The molecule has 5 rings (SSSR count). The van der Waals surface area contributed by atoms with Gasteiger partial charge in [-0.25, -0.2) is 0 Å². The molecule has 3 aromatic rings. The van der Waals surface area contributed by atoms with Gasteiger partial charge in [-0.2, -0.15) is 0 Å². The first-order valence-corrected chi connectivity index (χ1v) is 12.6. The maximum Gasteiger partial charge on any atom is 0.163 e. The van der Waals surface area contributed by atoms with Crippen LogP contribution in [-0.2, 0) is 11.2 Å². The summed E-state index contributed by atoms with van der Waals surface area (Å²) in [6.45, 7) is 4.56. The number of allylic oxidation sites excluding steroid dienone is 1. The van der Waals surface area contributed by atoms with E-state index < -0.39 is 0 Å². The van der Waals surface area contributed by atoms with Crippen LogP contribution in [0.2, 0.25) is 0 Å². The quantitative estimate of drug-likeness (QED) is 0.397. The molecule has 0 amide bonds. The second kappa shape index (κ2) is 9.51. The first-order chi connectivity index (χ1) is 16.1. The Morgan fingerprint density at radius 2 is 1.52 bits per heavy atom. The van der Waals surface area contributed by atoms with Crippen molar-refractivity contribution >= 4 is 11.9 Å². The summed E-state index contributed by atoms with van der Waals surface area (Å²) in [5.74, 6) is 1.86. The Bertz CT molecular complexity index is 1130. The smallest absolute Gasteiger partial charge is 0.163 e. The van der Waals surface area contributed by atoms with E-state index in [1.165, 1.54) is 59.1 Å². The van der Waals surface area contributed by atoms with E-state index in [4.69, 9.17) is 0 Å². The van der Waals surface area contributed by atoms with E-state index in [0.717, 1.165) is 18.3 Å². The van der Waals surface area contributed by atoms with Gasteiger partial charge in [0.05, 0.1) is 5.92 Å². The lowest BCUT2D eigenvalue weighted by molar-refractivity contribution is -0.116. The van der Waals surface area contributed by atoms with Crippen LogP contribution in [0.15, 0.2) is 78.9 Å². The van der Waals surface area contributed by atoms with Crippen molar-refractivity contribution in [1.29, 1.82) is 0 Å². The molecule has 0 radical (unpaired) electrons. The summed E-state index contributed by atoms with van der Waals surface area (Å²) in [5, 5.41) is 0. The Morgan fingerprint density at radius 1 is 0.818 bits per heavy atom. The largest absolute Gasteiger partial charge is 0.294 e. The van der Waals surface area contributed by atoms with Crippen molar-refractivity contribution in [2.45, 2.75) is 63.7 Å². The van der Waals surface area contributed by atoms with Gasteiger partial charge in [0, 0.05) is 0 Å². The minimum Gasteiger partial charge on any atom is -0.294 e. The molecule has 0 N–H and O–H groups in total. The normalized spacial score (nSPS) is 23.2. The molecule has 2 unspecified atom stereocenters. The van der Waals surface area contributed by atoms with Crippen molar-refractivity contribution in [3.05, 3.63) is 112 Å². The molecule has 2 aliphatic carbocycles. The molecule has 0 bridgehead atoms. The van der Waals surface area contributed by atoms with Crippen molar-refractivity contribution in [3.8, 4) is 0 Å². The first kappa shape index (κ1) is 21.9. The lowest BCUT2D eigenvalue weighted by atomic mass is 9.75. The molecule has 2 atom stereocenters. The Labute approximate surface area is 198 Å². The number of rotatable bonds is 5. The zero-order valence-electron chi connectivity index (χ0n) is 19.8. The fourth-order valence-electron chi connectivity index (χ4n) is 5.79. The van der Waals surface area contributed by atoms with Crippen molar-refractivity contribution in [2.75, 3.05) is 0 Å². The molecule has 3 aromatic carbocycles. The molecule has 0 aliphatic heterocycles. The van der Waals surface area contributed by atoms with Gasteiger partial charge in [-0.1, -0.05) is 106 Å². The zero-order valence-corrected chi connectivity index (χ0v) is 19.8. The third kappa shape index (κ3) is 4.74. The number of carbonyl (C=O) groups is 1. The van der Waals surface area contributed by atoms with E-state index in [0.29, 0.717) is 0 Å². The Balaban J connectivity index is 1.36. The van der Waals surface area contributed by atoms with Gasteiger partial charge in [0.1, 0.15) is 0 Å². The van der Waals surface area contributed by atoms with Gasteiger partial charge >= 0.3 is 0 Å². The van der Waals surface area contributed by atoms with Crippen LogP contribution in [0.25, 0.3) is 6.08 Å². The summed E-state index contributed by atoms with van der Waals surface area (Å²) in [4.78, 5) is 13.0. The molecule has 0 spiro atoms. The molecule has 1 fully saturated rings. The summed E-state index contributed by atoms with van der Waals surface area (Å²) in [7, 11) is 0. The lowest BCUT2D eigenvalue weighted by Gasteiger charge is -2.27. The van der Waals surface area contributed by atoms with Crippen molar-refractivity contribution in [2.24, 2.45) is 5.92 Å². The minimum absolute atomic E-state index is 0.122. The van der Waals surface area contributed by atoms with Crippen LogP contribution in [0.5, 0.6) is 0 Å². The summed E-state index contributed by atoms with van der Waals surface area (Å²) < 4.78 is 0. The Hall–Kier alpha value is -2.93. The lowest BCUT2D eigenvalue weighted by Crippen LogP contribution is -2.21. The molecular formula is C32H34O. The number of carbonyl (C=O) groups excluding carboxylic acids is 1. The molecule has 0 saturated heterocycles. The molecule has 1 nitrogen and oxygen atoms in total. The second-order valence-corrected chi connectivity index (χ2v) is 10.3. The standard InChI is InChI=1S/C32H34O/c1-22-8-13-27(14-9-22)28-15-10-24(11-16-28)20-25-12-17-29-18-19-31(33)32(30(29)21-25)23(2)26-6-4-3-5-7-26/h3-7,10-12,15-19,21-23,27,32H,8-9,13-14,20H2,1-2H3. The van der Waals surface area contributed by atoms with E-state index in [-0.39, 0.29) is 17.6 Å². The first-order valence-electron chi connectivity index (χ1n) is 12.6. The predicted molar refractivity (Wildman–Crippen MR) is 138 cm³/mol. The van der Waals surface area contributed by atoms with E-state index in [1.807, 2.05) is 12.1 Å². The van der Waals surface area contributed by atoms with Crippen LogP contribution in [0, 0.1) is 5.92 Å². The summed E-state index contributed by atoms with van der Waals surface area (Å²) in [6, 6.07) is 26.4. The molecule has 1 heteroatoms. The molecule has 33 heavy (non-hydrogen) atoms. The van der Waals surface area contributed by atoms with Gasteiger partial charge in [-0.3, -0.25) is 4.79 Å². The molecular weight excluding hydrogens is 400 g/mol. The number of fused-ring (bicyclic) bond motifs is 1. The molecule has 0 heterocycles. The average Bonchev–Trinajstić information content (AvgIpc) is 2.85. The highest BCUT2D eigenvalue weighted by Gasteiger charge is 2.30. The van der Waals surface area contributed by atoms with E-state index in [1.54, 1.807) is 6.08 Å². The number of benzene rings is 3. The topological polar surface area (TPSA) is 17.1 Å². The SMILES string of the molecule is CC1CCC(c2ccc(Cc3ccc4c(c3)C(C(C)c3ccccc3)C(=O)C=C4)cc2)CC1. The highest BCUT2D eigenvalue weighted by molar-refractivity contribution is 6.02. The van der Waals surface area contributed by atoms with Crippen LogP contribution in [0.1, 0.15) is 90.7 Å². The Morgan fingerprint density at radius 3 is 2.24 bits per heavy atom. The summed E-state index contributed by atoms with van der Waals surface area (Å²) in [6.07, 6.45) is 10.0. The van der Waals surface area contributed by atoms with Crippen LogP contribution in [-0.4, -0.2) is 5.78 Å². The number of hydrogen-bond donors (Lipinski definition) is 0. The zero-order chi connectivity index (χ0) is 22.8. The van der Waals surface area contributed by atoms with Crippen molar-refractivity contribution in [1.82, 2.24) is 0 Å². The van der Waals surface area contributed by atoms with Crippen LogP contribution in [0.4, 0.5) is 0 Å². The highest BCUT2D eigenvalue weighted by Crippen LogP contribution is 2.39. The van der Waals surface area contributed by atoms with Gasteiger partial charge in [-0.15, -0.1) is 0 Å². The van der Waals surface area contributed by atoms with E-state index in [2.05, 4.69) is 80.6 Å². The van der Waals surface area contributed by atoms with E-state index >= 15 is 0 Å². The maximum atomic E-state index is 13.0. The minimum atomic E-state index is -0.122. The summed E-state index contributed by atoms with van der Waals surface area (Å²) in [5.41, 5.74) is 7.69. The number of hydrogen-bond acceptors (Lipinski definition) is 1. The van der Waals surface area contributed by atoms with Crippen molar-refractivity contribution < 1.29 is 4.79 Å². The van der Waals surface area contributed by atoms with Crippen molar-refractivity contribution in [3.63, 3.8) is 0 Å². The fraction of sp³-hybridized carbons (Fsp3) is 0.344. The number of ketones is 1. The Kier molecular flexibility index (Phi) is 6.31. The monoisotopic (exact) mass is 434 g/mol. The highest BCUT2D eigenvalue weighted by atomic mass is 16.1. The summed E-state index contributed by atoms with van der Waals surface area (Å²) >= 11 is 0. The molecule has 2 aliphatic rings. The van der Waals surface area contributed by atoms with E-state index in [9.17, 15) is 4.79 Å². The third-order valence-electron chi connectivity index (χ3n) is 7.92. The molecule has 168 valence electrons. The maximum absolute atomic E-state index is 13.0. The van der Waals surface area contributed by atoms with Crippen LogP contribution in [0.3, 0.4) is 0 Å². The van der Waals surface area contributed by atoms with Crippen LogP contribution < -0.4 is 0 Å². The van der Waals surface area contributed by atoms with Gasteiger partial charge in [0.25, 0.3) is 0 Å². The predicted octanol–water partition coefficient (Wildman–Crippen LogP) is 8.05. The third-order valence-corrected chi connectivity index (χ3v) is 7.92. The molecule has 1 saturated carbocycles. The van der Waals surface area contributed by atoms with Gasteiger partial charge in [0.15, 0.2) is 5.78 Å². The molecule has 0 aromatic heterocycles. The van der Waals surface area contributed by atoms with Gasteiger partial charge in [-0.05, 0) is 76.5 Å². The fourth-order valence-corrected chi connectivity index (χ4v) is 5.79. The van der Waals surface area contributed by atoms with Gasteiger partial charge in [0.2, 0.25) is 0 Å². The van der Waals surface area contributed by atoms with Gasteiger partial charge < -0.3 is 0 Å². The van der Waals surface area contributed by atoms with Crippen LogP contribution >= 0.6 is 0 Å². The average molecular weight is 435 g/mol.